The Morgan fingerprint density at radius 1 is 0.846 bits per heavy atom. The molecule has 0 aromatic heterocycles. The third-order valence-electron chi connectivity index (χ3n) is 11.4. The van der Waals surface area contributed by atoms with Crippen LogP contribution >= 0.6 is 0 Å². The number of esters is 4. The molecule has 0 bridgehead atoms. The molecule has 0 N–H and O–H groups in total. The van der Waals surface area contributed by atoms with E-state index in [0.29, 0.717) is 6.42 Å². The van der Waals surface area contributed by atoms with Crippen LogP contribution in [0.2, 0.25) is 0 Å². The fraction of sp³-hybridized carbons (Fsp3) is 0.871. The predicted molar refractivity (Wildman–Crippen MR) is 143 cm³/mol. The molecule has 4 rings (SSSR count). The van der Waals surface area contributed by atoms with Gasteiger partial charge >= 0.3 is 23.9 Å². The van der Waals surface area contributed by atoms with E-state index < -0.39 is 0 Å². The van der Waals surface area contributed by atoms with Crippen molar-refractivity contribution in [2.45, 2.75) is 118 Å². The normalized spacial score (nSPS) is 41.7. The van der Waals surface area contributed by atoms with E-state index in [2.05, 4.69) is 20.8 Å². The maximum atomic E-state index is 12.5. The summed E-state index contributed by atoms with van der Waals surface area (Å²) in [7, 11) is 1.42. The van der Waals surface area contributed by atoms with Gasteiger partial charge in [-0.25, -0.2) is 0 Å². The summed E-state index contributed by atoms with van der Waals surface area (Å²) in [5, 5.41) is 0. The van der Waals surface area contributed by atoms with Gasteiger partial charge in [0.25, 0.3) is 0 Å². The molecule has 0 aromatic carbocycles. The molecule has 0 radical (unpaired) electrons. The highest BCUT2D eigenvalue weighted by Gasteiger charge is 2.67. The summed E-state index contributed by atoms with van der Waals surface area (Å²) in [5.74, 6) is 0.438. The molecule has 4 saturated carbocycles. The second-order valence-electron chi connectivity index (χ2n) is 13.4. The van der Waals surface area contributed by atoms with Crippen molar-refractivity contribution >= 4 is 23.9 Å². The summed E-state index contributed by atoms with van der Waals surface area (Å²) >= 11 is 0. The minimum Gasteiger partial charge on any atom is -0.469 e. The smallest absolute Gasteiger partial charge is 0.305 e. The van der Waals surface area contributed by atoms with Crippen LogP contribution in [0.5, 0.6) is 0 Å². The molecule has 8 nitrogen and oxygen atoms in total. The quantitative estimate of drug-likeness (QED) is 0.314. The van der Waals surface area contributed by atoms with E-state index in [1.54, 1.807) is 0 Å². The van der Waals surface area contributed by atoms with E-state index in [1.165, 1.54) is 27.9 Å². The SMILES string of the molecule is COC(=O)CC[C@@H](C)[C@H]1CC[C@H]2[C@@H]3[C@H](OC(C)=O)C[C@H]4C[C@H](OC(C)=O)CC[C@]4(C)[C@H]3C[C@H](OC(C)=O)[C@]12C. The van der Waals surface area contributed by atoms with Gasteiger partial charge in [-0.1, -0.05) is 20.8 Å². The van der Waals surface area contributed by atoms with Crippen LogP contribution in [-0.4, -0.2) is 49.3 Å². The lowest BCUT2D eigenvalue weighted by Gasteiger charge is -2.64. The highest BCUT2D eigenvalue weighted by molar-refractivity contribution is 5.69. The van der Waals surface area contributed by atoms with Crippen LogP contribution in [0.15, 0.2) is 0 Å². The molecular weight excluding hydrogens is 500 g/mol. The first-order valence-electron chi connectivity index (χ1n) is 14.9. The average molecular weight is 549 g/mol. The second-order valence-corrected chi connectivity index (χ2v) is 13.4. The van der Waals surface area contributed by atoms with Crippen molar-refractivity contribution < 1.29 is 38.1 Å². The molecule has 0 aliphatic heterocycles. The third kappa shape index (κ3) is 5.58. The summed E-state index contributed by atoms with van der Waals surface area (Å²) in [5.41, 5.74) is -0.300. The Morgan fingerprint density at radius 3 is 2.13 bits per heavy atom. The number of fused-ring (bicyclic) bond motifs is 5. The number of carbonyl (C=O) groups excluding carboxylic acids is 4. The summed E-state index contributed by atoms with van der Waals surface area (Å²) in [6, 6.07) is 0. The Morgan fingerprint density at radius 2 is 1.51 bits per heavy atom. The molecule has 8 heteroatoms. The second kappa shape index (κ2) is 11.4. The van der Waals surface area contributed by atoms with Crippen molar-refractivity contribution in [3.63, 3.8) is 0 Å². The Bertz CT molecular complexity index is 962. The molecule has 4 fully saturated rings. The van der Waals surface area contributed by atoms with Crippen molar-refractivity contribution in [1.29, 1.82) is 0 Å². The van der Waals surface area contributed by atoms with Crippen molar-refractivity contribution in [1.82, 2.24) is 0 Å². The number of hydrogen-bond acceptors (Lipinski definition) is 8. The molecule has 0 saturated heterocycles. The van der Waals surface area contributed by atoms with E-state index in [9.17, 15) is 19.2 Å². The highest BCUT2D eigenvalue weighted by Crippen LogP contribution is 2.69. The topological polar surface area (TPSA) is 105 Å². The van der Waals surface area contributed by atoms with Gasteiger partial charge < -0.3 is 18.9 Å². The van der Waals surface area contributed by atoms with Crippen LogP contribution in [0.3, 0.4) is 0 Å². The number of carbonyl (C=O) groups is 4. The van der Waals surface area contributed by atoms with Crippen LogP contribution in [-0.2, 0) is 38.1 Å². The zero-order valence-corrected chi connectivity index (χ0v) is 24.8. The lowest BCUT2D eigenvalue weighted by Crippen LogP contribution is -2.63. The molecule has 39 heavy (non-hydrogen) atoms. The largest absolute Gasteiger partial charge is 0.469 e. The van der Waals surface area contributed by atoms with Crippen molar-refractivity contribution in [3.8, 4) is 0 Å². The first kappa shape index (κ1) is 29.9. The number of ether oxygens (including phenoxy) is 4. The lowest BCUT2D eigenvalue weighted by atomic mass is 9.43. The summed E-state index contributed by atoms with van der Waals surface area (Å²) < 4.78 is 22.8. The maximum Gasteiger partial charge on any atom is 0.305 e. The third-order valence-corrected chi connectivity index (χ3v) is 11.4. The van der Waals surface area contributed by atoms with Crippen LogP contribution < -0.4 is 0 Å². The van der Waals surface area contributed by atoms with Crippen molar-refractivity contribution in [3.05, 3.63) is 0 Å². The van der Waals surface area contributed by atoms with E-state index in [-0.39, 0.29) is 88.5 Å². The van der Waals surface area contributed by atoms with Crippen molar-refractivity contribution in [2.75, 3.05) is 7.11 Å². The fourth-order valence-electron chi connectivity index (χ4n) is 9.77. The van der Waals surface area contributed by atoms with Crippen molar-refractivity contribution in [2.24, 2.45) is 46.3 Å². The van der Waals surface area contributed by atoms with E-state index >= 15 is 0 Å². The molecule has 0 amide bonds. The molecule has 0 spiro atoms. The van der Waals surface area contributed by atoms with Crippen LogP contribution in [0.1, 0.15) is 99.3 Å². The average Bonchev–Trinajstić information content (AvgIpc) is 3.20. The van der Waals surface area contributed by atoms with E-state index in [1.807, 2.05) is 0 Å². The van der Waals surface area contributed by atoms with Crippen LogP contribution in [0, 0.1) is 46.3 Å². The van der Waals surface area contributed by atoms with Crippen LogP contribution in [0.25, 0.3) is 0 Å². The van der Waals surface area contributed by atoms with Gasteiger partial charge in [0.05, 0.1) is 7.11 Å². The standard InChI is InChI=1S/C31H48O8/c1-17(8-11-28(35)36-7)23-9-10-24-29-25(16-27(31(23,24)6)39-20(4)34)30(5)13-12-22(37-18(2)32)14-21(30)15-26(29)38-19(3)33/h17,21-27,29H,8-16H2,1-7H3/t17-,21-,22-,23-,24+,25+,26-,27+,29+,30+,31-/m1/s1. The zero-order valence-electron chi connectivity index (χ0n) is 24.8. The number of rotatable bonds is 7. The first-order chi connectivity index (χ1) is 18.3. The summed E-state index contributed by atoms with van der Waals surface area (Å²) in [6.45, 7) is 11.3. The minimum atomic E-state index is -0.279. The molecule has 11 atom stereocenters. The molecule has 0 heterocycles. The molecule has 0 unspecified atom stereocenters. The molecule has 4 aliphatic carbocycles. The Kier molecular flexibility index (Phi) is 8.73. The van der Waals surface area contributed by atoms with Gasteiger partial charge in [0.1, 0.15) is 18.3 Å². The van der Waals surface area contributed by atoms with Gasteiger partial charge in [-0.3, -0.25) is 19.2 Å². The molecule has 4 aliphatic rings. The van der Waals surface area contributed by atoms with Gasteiger partial charge in [-0.15, -0.1) is 0 Å². The zero-order chi connectivity index (χ0) is 28.7. The van der Waals surface area contributed by atoms with Gasteiger partial charge in [-0.2, -0.15) is 0 Å². The van der Waals surface area contributed by atoms with Gasteiger partial charge in [0.15, 0.2) is 0 Å². The van der Waals surface area contributed by atoms with Crippen LogP contribution in [0.4, 0.5) is 0 Å². The number of hydrogen-bond donors (Lipinski definition) is 0. The maximum absolute atomic E-state index is 12.5. The Hall–Kier alpha value is -2.12. The monoisotopic (exact) mass is 548 g/mol. The fourth-order valence-corrected chi connectivity index (χ4v) is 9.77. The summed E-state index contributed by atoms with van der Waals surface area (Å²) in [6.07, 6.45) is 6.53. The molecular formula is C31H48O8. The van der Waals surface area contributed by atoms with Gasteiger partial charge in [0.2, 0.25) is 0 Å². The minimum absolute atomic E-state index is 0.0215. The Balaban J connectivity index is 1.70. The molecule has 220 valence electrons. The lowest BCUT2D eigenvalue weighted by molar-refractivity contribution is -0.224. The first-order valence-corrected chi connectivity index (χ1v) is 14.9. The predicted octanol–water partition coefficient (Wildman–Crippen LogP) is 5.25. The number of methoxy groups -OCH3 is 1. The van der Waals surface area contributed by atoms with Gasteiger partial charge in [-0.05, 0) is 86.4 Å². The van der Waals surface area contributed by atoms with Gasteiger partial charge in [0, 0.05) is 38.5 Å². The van der Waals surface area contributed by atoms with E-state index in [4.69, 9.17) is 18.9 Å². The molecule has 0 aromatic rings. The Labute approximate surface area is 233 Å². The highest BCUT2D eigenvalue weighted by atomic mass is 16.6. The van der Waals surface area contributed by atoms with E-state index in [0.717, 1.165) is 51.4 Å². The summed E-state index contributed by atoms with van der Waals surface area (Å²) in [4.78, 5) is 48.5.